The van der Waals surface area contributed by atoms with Gasteiger partial charge in [0.1, 0.15) is 0 Å². The summed E-state index contributed by atoms with van der Waals surface area (Å²) < 4.78 is 0. The highest BCUT2D eigenvalue weighted by molar-refractivity contribution is 5.45. The van der Waals surface area contributed by atoms with E-state index in [0.717, 1.165) is 0 Å². The van der Waals surface area contributed by atoms with Crippen LogP contribution in [-0.2, 0) is 19.3 Å². The molecule has 0 saturated heterocycles. The van der Waals surface area contributed by atoms with Gasteiger partial charge in [-0.25, -0.2) is 0 Å². The maximum absolute atomic E-state index is 2.41. The zero-order valence-electron chi connectivity index (χ0n) is 8.56. The molecule has 1 aromatic carbocycles. The van der Waals surface area contributed by atoms with Crippen molar-refractivity contribution in [2.24, 2.45) is 0 Å². The van der Waals surface area contributed by atoms with Crippen molar-refractivity contribution in [1.82, 2.24) is 0 Å². The van der Waals surface area contributed by atoms with Crippen molar-refractivity contribution in [3.63, 3.8) is 0 Å². The van der Waals surface area contributed by atoms with E-state index in [0.29, 0.717) is 0 Å². The zero-order chi connectivity index (χ0) is 9.26. The fraction of sp³-hybridized carbons (Fsp3) is 0.462. The first-order chi connectivity index (χ1) is 6.35. The molecule has 0 spiro atoms. The van der Waals surface area contributed by atoms with E-state index in [4.69, 9.17) is 0 Å². The van der Waals surface area contributed by atoms with Crippen molar-refractivity contribution in [2.75, 3.05) is 0 Å². The highest BCUT2D eigenvalue weighted by atomic mass is 14.2. The molecule has 0 atom stereocenters. The third-order valence-electron chi connectivity index (χ3n) is 3.00. The summed E-state index contributed by atoms with van der Waals surface area (Å²) in [6.07, 6.45) is 7.21. The van der Waals surface area contributed by atoms with Crippen LogP contribution < -0.4 is 0 Å². The van der Waals surface area contributed by atoms with Gasteiger partial charge in [0.2, 0.25) is 0 Å². The van der Waals surface area contributed by atoms with Gasteiger partial charge in [-0.05, 0) is 54.4 Å². The Hall–Kier alpha value is -0.780. The van der Waals surface area contributed by atoms with E-state index in [1.807, 2.05) is 0 Å². The Morgan fingerprint density at radius 3 is 2.46 bits per heavy atom. The lowest BCUT2D eigenvalue weighted by atomic mass is 9.97. The Bertz CT molecular complexity index is 279. The SMILES string of the molecule is CCc1cc2c(cc1CC)CC[CH]2. The molecule has 1 aliphatic carbocycles. The second-order valence-electron chi connectivity index (χ2n) is 3.77. The van der Waals surface area contributed by atoms with Crippen molar-refractivity contribution >= 4 is 0 Å². The van der Waals surface area contributed by atoms with E-state index in [1.54, 1.807) is 16.7 Å². The molecule has 0 heteroatoms. The molecule has 0 fully saturated rings. The van der Waals surface area contributed by atoms with Crippen molar-refractivity contribution in [2.45, 2.75) is 39.5 Å². The molecule has 1 aliphatic rings. The highest BCUT2D eigenvalue weighted by Gasteiger charge is 2.13. The predicted molar refractivity (Wildman–Crippen MR) is 56.9 cm³/mol. The molecule has 1 radical (unpaired) electrons. The van der Waals surface area contributed by atoms with Gasteiger partial charge in [-0.15, -0.1) is 0 Å². The number of aryl methyl sites for hydroxylation is 3. The molecule has 0 aliphatic heterocycles. The molecule has 0 saturated carbocycles. The Morgan fingerprint density at radius 1 is 1.08 bits per heavy atom. The number of hydrogen-bond acceptors (Lipinski definition) is 0. The largest absolute Gasteiger partial charge is 0.0613 e. The first-order valence-corrected chi connectivity index (χ1v) is 5.33. The van der Waals surface area contributed by atoms with E-state index < -0.39 is 0 Å². The fourth-order valence-corrected chi connectivity index (χ4v) is 2.21. The molecule has 0 heterocycles. The van der Waals surface area contributed by atoms with Crippen LogP contribution in [0.3, 0.4) is 0 Å². The molecule has 0 amide bonds. The Labute approximate surface area is 81.0 Å². The van der Waals surface area contributed by atoms with Gasteiger partial charge in [-0.1, -0.05) is 26.0 Å². The van der Waals surface area contributed by atoms with Crippen molar-refractivity contribution in [3.05, 3.63) is 40.8 Å². The Kier molecular flexibility index (Phi) is 2.39. The molecular formula is C13H17. The molecule has 0 unspecified atom stereocenters. The minimum Gasteiger partial charge on any atom is -0.0613 e. The van der Waals surface area contributed by atoms with Crippen molar-refractivity contribution < 1.29 is 0 Å². The Morgan fingerprint density at radius 2 is 1.77 bits per heavy atom. The summed E-state index contributed by atoms with van der Waals surface area (Å²) in [4.78, 5) is 0. The van der Waals surface area contributed by atoms with Crippen molar-refractivity contribution in [1.29, 1.82) is 0 Å². The molecule has 1 aromatic rings. The maximum Gasteiger partial charge on any atom is -0.00869 e. The number of hydrogen-bond donors (Lipinski definition) is 0. The minimum atomic E-state index is 1.17. The predicted octanol–water partition coefficient (Wildman–Crippen LogP) is 3.31. The van der Waals surface area contributed by atoms with Gasteiger partial charge in [-0.2, -0.15) is 0 Å². The van der Waals surface area contributed by atoms with Gasteiger partial charge in [0.05, 0.1) is 0 Å². The monoisotopic (exact) mass is 173 g/mol. The molecular weight excluding hydrogens is 156 g/mol. The summed E-state index contributed by atoms with van der Waals surface area (Å²) in [6, 6.07) is 4.80. The second kappa shape index (κ2) is 3.53. The molecule has 0 bridgehead atoms. The first-order valence-electron chi connectivity index (χ1n) is 5.33. The van der Waals surface area contributed by atoms with E-state index in [9.17, 15) is 0 Å². The third-order valence-corrected chi connectivity index (χ3v) is 3.00. The van der Waals surface area contributed by atoms with Crippen LogP contribution in [0.5, 0.6) is 0 Å². The molecule has 69 valence electrons. The highest BCUT2D eigenvalue weighted by Crippen LogP contribution is 2.27. The standard InChI is InChI=1S/C13H17/c1-3-10-8-12-6-5-7-13(12)9-11(10)4-2/h6,8-9H,3-5,7H2,1-2H3. The maximum atomic E-state index is 2.41. The second-order valence-corrected chi connectivity index (χ2v) is 3.77. The van der Waals surface area contributed by atoms with Crippen LogP contribution in [-0.4, -0.2) is 0 Å². The van der Waals surface area contributed by atoms with Gasteiger partial charge in [0.15, 0.2) is 0 Å². The van der Waals surface area contributed by atoms with Crippen LogP contribution >= 0.6 is 0 Å². The lowest BCUT2D eigenvalue weighted by molar-refractivity contribution is 1.01. The molecule has 0 aromatic heterocycles. The van der Waals surface area contributed by atoms with Crippen LogP contribution in [0, 0.1) is 6.42 Å². The van der Waals surface area contributed by atoms with Crippen LogP contribution in [0.25, 0.3) is 0 Å². The van der Waals surface area contributed by atoms with Crippen molar-refractivity contribution in [3.8, 4) is 0 Å². The molecule has 2 rings (SSSR count). The summed E-state index contributed by atoms with van der Waals surface area (Å²) >= 11 is 0. The summed E-state index contributed by atoms with van der Waals surface area (Å²) in [6.45, 7) is 4.50. The smallest absolute Gasteiger partial charge is 0.00869 e. The van der Waals surface area contributed by atoms with E-state index >= 15 is 0 Å². The number of fused-ring (bicyclic) bond motifs is 1. The molecule has 0 nitrogen and oxygen atoms in total. The lowest BCUT2D eigenvalue weighted by Crippen LogP contribution is -1.94. The number of benzene rings is 1. The van der Waals surface area contributed by atoms with Gasteiger partial charge in [-0.3, -0.25) is 0 Å². The van der Waals surface area contributed by atoms with Gasteiger partial charge in [0.25, 0.3) is 0 Å². The lowest BCUT2D eigenvalue weighted by Gasteiger charge is -2.09. The third kappa shape index (κ3) is 1.50. The summed E-state index contributed by atoms with van der Waals surface area (Å²) in [5, 5.41) is 0. The van der Waals surface area contributed by atoms with Crippen LogP contribution in [0.1, 0.15) is 42.5 Å². The van der Waals surface area contributed by atoms with E-state index in [-0.39, 0.29) is 0 Å². The molecule has 13 heavy (non-hydrogen) atoms. The fourth-order valence-electron chi connectivity index (χ4n) is 2.21. The Balaban J connectivity index is 2.47. The van der Waals surface area contributed by atoms with Crippen LogP contribution in [0.4, 0.5) is 0 Å². The first kappa shape index (κ1) is 8.80. The summed E-state index contributed by atoms with van der Waals surface area (Å²) in [7, 11) is 0. The molecule has 0 N–H and O–H groups in total. The summed E-state index contributed by atoms with van der Waals surface area (Å²) in [5.41, 5.74) is 6.15. The topological polar surface area (TPSA) is 0 Å². The van der Waals surface area contributed by atoms with Gasteiger partial charge < -0.3 is 0 Å². The van der Waals surface area contributed by atoms with E-state index in [1.165, 1.54) is 31.2 Å². The van der Waals surface area contributed by atoms with Crippen LogP contribution in [0.15, 0.2) is 12.1 Å². The van der Waals surface area contributed by atoms with Crippen LogP contribution in [0.2, 0.25) is 0 Å². The van der Waals surface area contributed by atoms with E-state index in [2.05, 4.69) is 32.4 Å². The van der Waals surface area contributed by atoms with Gasteiger partial charge in [0, 0.05) is 0 Å². The minimum absolute atomic E-state index is 1.17. The average molecular weight is 173 g/mol. The quantitative estimate of drug-likeness (QED) is 0.643. The zero-order valence-corrected chi connectivity index (χ0v) is 8.56. The summed E-state index contributed by atoms with van der Waals surface area (Å²) in [5.74, 6) is 0. The number of rotatable bonds is 2. The average Bonchev–Trinajstić information content (AvgIpc) is 2.62. The normalized spacial score (nSPS) is 14.6. The van der Waals surface area contributed by atoms with Gasteiger partial charge >= 0.3 is 0 Å².